The highest BCUT2D eigenvalue weighted by molar-refractivity contribution is 5.46. The first-order valence-electron chi connectivity index (χ1n) is 3.95. The third kappa shape index (κ3) is 2.40. The summed E-state index contributed by atoms with van der Waals surface area (Å²) in [5, 5.41) is 10.5. The topological polar surface area (TPSA) is 43.1 Å². The molecule has 0 fully saturated rings. The van der Waals surface area contributed by atoms with E-state index >= 15 is 0 Å². The van der Waals surface area contributed by atoms with Gasteiger partial charge >= 0.3 is 0 Å². The van der Waals surface area contributed by atoms with Crippen molar-refractivity contribution in [3.05, 3.63) is 58.5 Å². The molecule has 0 aliphatic carbocycles. The van der Waals surface area contributed by atoms with Crippen LogP contribution in [-0.2, 0) is 0 Å². The fourth-order valence-electron chi connectivity index (χ4n) is 0.995. The molecule has 0 unspecified atom stereocenters. The predicted molar refractivity (Wildman–Crippen MR) is 51.3 cm³/mol. The van der Waals surface area contributed by atoms with Crippen LogP contribution in [0.1, 0.15) is 12.5 Å². The van der Waals surface area contributed by atoms with Gasteiger partial charge in [-0.2, -0.15) is 0 Å². The molecular weight excluding hydrogens is 166 g/mol. The average molecular weight is 176 g/mol. The van der Waals surface area contributed by atoms with Crippen LogP contribution in [0.25, 0.3) is 0 Å². The SMILES string of the molecule is C/C=C/[CH]c1ccccc1[N+](=O)[O-]. The Bertz CT molecular complexity index is 331. The number of rotatable bonds is 3. The van der Waals surface area contributed by atoms with Crippen molar-refractivity contribution in [1.29, 1.82) is 0 Å². The molecule has 3 nitrogen and oxygen atoms in total. The van der Waals surface area contributed by atoms with Crippen LogP contribution >= 0.6 is 0 Å². The molecule has 3 heteroatoms. The van der Waals surface area contributed by atoms with Crippen molar-refractivity contribution in [2.24, 2.45) is 0 Å². The second-order valence-corrected chi connectivity index (χ2v) is 2.51. The van der Waals surface area contributed by atoms with Crippen molar-refractivity contribution in [3.8, 4) is 0 Å². The van der Waals surface area contributed by atoms with Crippen molar-refractivity contribution in [1.82, 2.24) is 0 Å². The predicted octanol–water partition coefficient (Wildman–Crippen LogP) is 2.72. The van der Waals surface area contributed by atoms with Crippen LogP contribution < -0.4 is 0 Å². The summed E-state index contributed by atoms with van der Waals surface area (Å²) >= 11 is 0. The number of hydrogen-bond donors (Lipinski definition) is 0. The molecule has 0 spiro atoms. The molecule has 1 aromatic carbocycles. The Balaban J connectivity index is 2.97. The summed E-state index contributed by atoms with van der Waals surface area (Å²) in [4.78, 5) is 10.2. The van der Waals surface area contributed by atoms with Crippen LogP contribution in [0.15, 0.2) is 36.4 Å². The number of para-hydroxylation sites is 1. The van der Waals surface area contributed by atoms with Gasteiger partial charge in [0.15, 0.2) is 0 Å². The lowest BCUT2D eigenvalue weighted by Crippen LogP contribution is -1.92. The third-order valence-electron chi connectivity index (χ3n) is 1.60. The first-order valence-corrected chi connectivity index (χ1v) is 3.95. The molecular formula is C10H10NO2. The Kier molecular flexibility index (Phi) is 3.20. The highest BCUT2D eigenvalue weighted by Crippen LogP contribution is 2.19. The highest BCUT2D eigenvalue weighted by atomic mass is 16.6. The normalized spacial score (nSPS) is 10.5. The quantitative estimate of drug-likeness (QED) is 0.525. The Labute approximate surface area is 76.9 Å². The van der Waals surface area contributed by atoms with Gasteiger partial charge in [-0.25, -0.2) is 0 Å². The monoisotopic (exact) mass is 176 g/mol. The maximum atomic E-state index is 10.5. The molecule has 1 aromatic rings. The summed E-state index contributed by atoms with van der Waals surface area (Å²) in [5.74, 6) is 0. The molecule has 1 radical (unpaired) electrons. The van der Waals surface area contributed by atoms with E-state index in [-0.39, 0.29) is 10.6 Å². The molecule has 0 bridgehead atoms. The van der Waals surface area contributed by atoms with E-state index in [0.717, 1.165) is 0 Å². The van der Waals surface area contributed by atoms with Gasteiger partial charge in [-0.05, 0) is 6.92 Å². The van der Waals surface area contributed by atoms with Crippen LogP contribution in [0.2, 0.25) is 0 Å². The van der Waals surface area contributed by atoms with E-state index < -0.39 is 0 Å². The van der Waals surface area contributed by atoms with Crippen molar-refractivity contribution < 1.29 is 4.92 Å². The molecule has 0 amide bonds. The minimum Gasteiger partial charge on any atom is -0.258 e. The van der Waals surface area contributed by atoms with E-state index in [4.69, 9.17) is 0 Å². The number of nitro groups is 1. The molecule has 67 valence electrons. The highest BCUT2D eigenvalue weighted by Gasteiger charge is 2.09. The molecule has 0 atom stereocenters. The summed E-state index contributed by atoms with van der Waals surface area (Å²) in [6.07, 6.45) is 5.33. The number of allylic oxidation sites excluding steroid dienone is 2. The van der Waals surface area contributed by atoms with Gasteiger partial charge in [0.2, 0.25) is 0 Å². The van der Waals surface area contributed by atoms with E-state index in [2.05, 4.69) is 0 Å². The van der Waals surface area contributed by atoms with Crippen LogP contribution in [0.3, 0.4) is 0 Å². The van der Waals surface area contributed by atoms with Crippen LogP contribution in [0, 0.1) is 16.5 Å². The molecule has 0 saturated heterocycles. The van der Waals surface area contributed by atoms with Gasteiger partial charge in [0, 0.05) is 18.1 Å². The minimum atomic E-state index is -0.380. The zero-order chi connectivity index (χ0) is 9.68. The molecule has 0 aromatic heterocycles. The van der Waals surface area contributed by atoms with Gasteiger partial charge in [-0.3, -0.25) is 10.1 Å². The van der Waals surface area contributed by atoms with Crippen molar-refractivity contribution in [2.75, 3.05) is 0 Å². The first kappa shape index (κ1) is 9.45. The Hall–Kier alpha value is -1.64. The second kappa shape index (κ2) is 4.40. The molecule has 0 aliphatic rings. The van der Waals surface area contributed by atoms with Gasteiger partial charge in [-0.1, -0.05) is 30.4 Å². The van der Waals surface area contributed by atoms with Gasteiger partial charge in [0.25, 0.3) is 5.69 Å². The Morgan fingerprint density at radius 1 is 1.38 bits per heavy atom. The molecule has 0 saturated carbocycles. The molecule has 1 rings (SSSR count). The van der Waals surface area contributed by atoms with Gasteiger partial charge in [0.1, 0.15) is 0 Å². The zero-order valence-corrected chi connectivity index (χ0v) is 7.31. The number of hydrogen-bond acceptors (Lipinski definition) is 2. The van der Waals surface area contributed by atoms with Crippen LogP contribution in [0.4, 0.5) is 5.69 Å². The lowest BCUT2D eigenvalue weighted by atomic mass is 10.1. The summed E-state index contributed by atoms with van der Waals surface area (Å²) in [5.41, 5.74) is 0.770. The largest absolute Gasteiger partial charge is 0.273 e. The number of benzene rings is 1. The smallest absolute Gasteiger partial charge is 0.258 e. The standard InChI is InChI=1S/C10H10NO2/c1-2-3-6-9-7-4-5-8-10(9)11(12)13/h2-8H,1H3/b3-2+. The maximum Gasteiger partial charge on any atom is 0.273 e. The van der Waals surface area contributed by atoms with Crippen LogP contribution in [-0.4, -0.2) is 4.92 Å². The van der Waals surface area contributed by atoms with E-state index in [1.54, 1.807) is 30.7 Å². The Morgan fingerprint density at radius 2 is 2.08 bits per heavy atom. The van der Waals surface area contributed by atoms with E-state index in [9.17, 15) is 10.1 Å². The summed E-state index contributed by atoms with van der Waals surface area (Å²) in [6, 6.07) is 6.65. The van der Waals surface area contributed by atoms with Gasteiger partial charge in [0.05, 0.1) is 4.92 Å². The van der Waals surface area contributed by atoms with Crippen molar-refractivity contribution in [2.45, 2.75) is 6.92 Å². The summed E-state index contributed by atoms with van der Waals surface area (Å²) in [6.45, 7) is 1.87. The second-order valence-electron chi connectivity index (χ2n) is 2.51. The van der Waals surface area contributed by atoms with Crippen molar-refractivity contribution >= 4 is 5.69 Å². The molecule has 0 N–H and O–H groups in total. The summed E-state index contributed by atoms with van der Waals surface area (Å²) in [7, 11) is 0. The molecule has 13 heavy (non-hydrogen) atoms. The number of nitrogens with zero attached hydrogens (tertiary/aromatic N) is 1. The third-order valence-corrected chi connectivity index (χ3v) is 1.60. The lowest BCUT2D eigenvalue weighted by Gasteiger charge is -1.97. The fourth-order valence-corrected chi connectivity index (χ4v) is 0.995. The fraction of sp³-hybridized carbons (Fsp3) is 0.100. The van der Waals surface area contributed by atoms with E-state index in [1.807, 2.05) is 13.0 Å². The van der Waals surface area contributed by atoms with Gasteiger partial charge < -0.3 is 0 Å². The van der Waals surface area contributed by atoms with Crippen LogP contribution in [0.5, 0.6) is 0 Å². The summed E-state index contributed by atoms with van der Waals surface area (Å²) < 4.78 is 0. The van der Waals surface area contributed by atoms with Gasteiger partial charge in [-0.15, -0.1) is 0 Å². The Morgan fingerprint density at radius 3 is 2.69 bits per heavy atom. The average Bonchev–Trinajstić information content (AvgIpc) is 2.15. The zero-order valence-electron chi connectivity index (χ0n) is 7.31. The maximum absolute atomic E-state index is 10.5. The first-order chi connectivity index (χ1) is 6.25. The minimum absolute atomic E-state index is 0.139. The molecule has 0 heterocycles. The number of nitro benzene ring substituents is 1. The molecule has 0 aliphatic heterocycles. The van der Waals surface area contributed by atoms with E-state index in [0.29, 0.717) is 5.56 Å². The van der Waals surface area contributed by atoms with E-state index in [1.165, 1.54) is 6.07 Å². The van der Waals surface area contributed by atoms with Crippen molar-refractivity contribution in [3.63, 3.8) is 0 Å². The lowest BCUT2D eigenvalue weighted by molar-refractivity contribution is -0.385.